The van der Waals surface area contributed by atoms with Gasteiger partial charge in [0.25, 0.3) is 17.2 Å². The van der Waals surface area contributed by atoms with Gasteiger partial charge in [0, 0.05) is 6.92 Å². The molecular formula is C8H9N4+. The molecule has 0 atom stereocenters. The summed E-state index contributed by atoms with van der Waals surface area (Å²) < 4.78 is 3.41. The Balaban J connectivity index is 3.61. The lowest BCUT2D eigenvalue weighted by molar-refractivity contribution is -0.679. The van der Waals surface area contributed by atoms with Gasteiger partial charge in [0.15, 0.2) is 0 Å². The van der Waals surface area contributed by atoms with Crippen LogP contribution in [0.5, 0.6) is 0 Å². The molecule has 0 N–H and O–H groups in total. The molecule has 0 aliphatic carbocycles. The van der Waals surface area contributed by atoms with Crippen molar-refractivity contribution in [3.63, 3.8) is 0 Å². The molecule has 0 aromatic carbocycles. The van der Waals surface area contributed by atoms with Crippen molar-refractivity contribution in [2.24, 2.45) is 14.1 Å². The van der Waals surface area contributed by atoms with Gasteiger partial charge in [-0.15, -0.1) is 0 Å². The van der Waals surface area contributed by atoms with Crippen molar-refractivity contribution in [3.8, 4) is 12.1 Å². The van der Waals surface area contributed by atoms with Crippen LogP contribution in [0.4, 0.5) is 0 Å². The molecule has 0 aliphatic heterocycles. The Kier molecular flexibility index (Phi) is 1.85. The van der Waals surface area contributed by atoms with Crippen molar-refractivity contribution in [1.82, 2.24) is 4.57 Å². The fraction of sp³-hybridized carbons (Fsp3) is 0.375. The SMILES string of the molecule is Cc1n(C)c(C#N)c(C#N)[n+]1C. The van der Waals surface area contributed by atoms with Gasteiger partial charge in [-0.05, 0) is 0 Å². The minimum atomic E-state index is 0.414. The molecule has 4 nitrogen and oxygen atoms in total. The zero-order valence-electron chi connectivity index (χ0n) is 7.29. The first kappa shape index (κ1) is 8.29. The van der Waals surface area contributed by atoms with E-state index < -0.39 is 0 Å². The molecule has 0 saturated carbocycles. The normalized spacial score (nSPS) is 9.08. The predicted octanol–water partition coefficient (Wildman–Crippen LogP) is -0.0986. The summed E-state index contributed by atoms with van der Waals surface area (Å²) in [5, 5.41) is 17.5. The third-order valence-corrected chi connectivity index (χ3v) is 2.08. The Morgan fingerprint density at radius 1 is 1.33 bits per heavy atom. The molecule has 0 radical (unpaired) electrons. The summed E-state index contributed by atoms with van der Waals surface area (Å²) in [5.41, 5.74) is 0.829. The fourth-order valence-corrected chi connectivity index (χ4v) is 1.12. The van der Waals surface area contributed by atoms with Gasteiger partial charge in [0.1, 0.15) is 12.1 Å². The molecule has 0 saturated heterocycles. The van der Waals surface area contributed by atoms with E-state index in [-0.39, 0.29) is 0 Å². The third-order valence-electron chi connectivity index (χ3n) is 2.08. The number of nitriles is 2. The standard InChI is InChI=1S/C8H9N4/c1-6-11(2)7(4-9)8(5-10)12(6)3/h1-3H3/q+1. The van der Waals surface area contributed by atoms with E-state index in [0.717, 1.165) is 5.82 Å². The third kappa shape index (κ3) is 0.860. The lowest BCUT2D eigenvalue weighted by atomic mass is 10.3. The van der Waals surface area contributed by atoms with Crippen LogP contribution in [0.1, 0.15) is 17.2 Å². The van der Waals surface area contributed by atoms with Crippen LogP contribution in [-0.2, 0) is 14.1 Å². The molecule has 4 heteroatoms. The summed E-state index contributed by atoms with van der Waals surface area (Å²) in [6.45, 7) is 1.86. The average Bonchev–Trinajstić information content (AvgIpc) is 2.29. The first-order chi connectivity index (χ1) is 5.63. The molecule has 0 aliphatic rings. The van der Waals surface area contributed by atoms with Gasteiger partial charge in [0.05, 0.1) is 14.1 Å². The highest BCUT2D eigenvalue weighted by Gasteiger charge is 2.22. The summed E-state index contributed by atoms with van der Waals surface area (Å²) in [6.07, 6.45) is 0. The van der Waals surface area contributed by atoms with Crippen LogP contribution in [0.2, 0.25) is 0 Å². The molecule has 0 fully saturated rings. The number of aromatic nitrogens is 2. The Morgan fingerprint density at radius 3 is 2.25 bits per heavy atom. The first-order valence-corrected chi connectivity index (χ1v) is 3.49. The lowest BCUT2D eigenvalue weighted by Gasteiger charge is -1.86. The smallest absolute Gasteiger partial charge is 0.221 e. The van der Waals surface area contributed by atoms with E-state index in [1.165, 1.54) is 0 Å². The van der Waals surface area contributed by atoms with Gasteiger partial charge in [-0.25, -0.2) is 9.13 Å². The van der Waals surface area contributed by atoms with Gasteiger partial charge in [0.2, 0.25) is 0 Å². The number of hydrogen-bond acceptors (Lipinski definition) is 2. The molecule has 1 rings (SSSR count). The molecule has 0 unspecified atom stereocenters. The average molecular weight is 161 g/mol. The Morgan fingerprint density at radius 2 is 1.92 bits per heavy atom. The van der Waals surface area contributed by atoms with Crippen LogP contribution >= 0.6 is 0 Å². The van der Waals surface area contributed by atoms with E-state index >= 15 is 0 Å². The van der Waals surface area contributed by atoms with Gasteiger partial charge < -0.3 is 0 Å². The number of rotatable bonds is 0. The Bertz CT molecular complexity index is 363. The first-order valence-electron chi connectivity index (χ1n) is 3.49. The second-order valence-electron chi connectivity index (χ2n) is 2.59. The molecule has 1 heterocycles. The minimum Gasteiger partial charge on any atom is -0.221 e. The minimum absolute atomic E-state index is 0.414. The second-order valence-corrected chi connectivity index (χ2v) is 2.59. The van der Waals surface area contributed by atoms with E-state index in [0.29, 0.717) is 11.4 Å². The topological polar surface area (TPSA) is 56.4 Å². The molecule has 12 heavy (non-hydrogen) atoms. The van der Waals surface area contributed by atoms with Crippen LogP contribution in [0, 0.1) is 29.6 Å². The largest absolute Gasteiger partial charge is 0.263 e. The highest BCUT2D eigenvalue weighted by atomic mass is 15.1. The van der Waals surface area contributed by atoms with Gasteiger partial charge in [-0.1, -0.05) is 0 Å². The van der Waals surface area contributed by atoms with Crippen LogP contribution in [-0.4, -0.2) is 4.57 Å². The van der Waals surface area contributed by atoms with Crippen LogP contribution in [0.3, 0.4) is 0 Å². The predicted molar refractivity (Wildman–Crippen MR) is 40.8 cm³/mol. The zero-order valence-corrected chi connectivity index (χ0v) is 7.29. The fourth-order valence-electron chi connectivity index (χ4n) is 1.12. The second kappa shape index (κ2) is 2.67. The van der Waals surface area contributed by atoms with Crippen molar-refractivity contribution in [2.45, 2.75) is 6.92 Å². The summed E-state index contributed by atoms with van der Waals surface area (Å²) in [4.78, 5) is 0. The maximum Gasteiger partial charge on any atom is 0.263 e. The Hall–Kier alpha value is -1.81. The van der Waals surface area contributed by atoms with E-state index in [4.69, 9.17) is 10.5 Å². The quantitative estimate of drug-likeness (QED) is 0.499. The van der Waals surface area contributed by atoms with Gasteiger partial charge >= 0.3 is 0 Å². The van der Waals surface area contributed by atoms with Crippen molar-refractivity contribution < 1.29 is 4.57 Å². The van der Waals surface area contributed by atoms with E-state index in [9.17, 15) is 0 Å². The van der Waals surface area contributed by atoms with Crippen LogP contribution in [0.25, 0.3) is 0 Å². The monoisotopic (exact) mass is 161 g/mol. The van der Waals surface area contributed by atoms with E-state index in [2.05, 4.69) is 0 Å². The summed E-state index contributed by atoms with van der Waals surface area (Å²) in [5.74, 6) is 0.892. The van der Waals surface area contributed by atoms with Crippen molar-refractivity contribution in [3.05, 3.63) is 17.2 Å². The lowest BCUT2D eigenvalue weighted by Crippen LogP contribution is -2.33. The molecule has 60 valence electrons. The molecule has 0 spiro atoms. The molecule has 1 aromatic rings. The highest BCUT2D eigenvalue weighted by molar-refractivity contribution is 5.33. The van der Waals surface area contributed by atoms with E-state index in [1.54, 1.807) is 23.2 Å². The van der Waals surface area contributed by atoms with Crippen molar-refractivity contribution in [2.75, 3.05) is 0 Å². The number of nitrogens with zero attached hydrogens (tertiary/aromatic N) is 4. The van der Waals surface area contributed by atoms with E-state index in [1.807, 2.05) is 19.1 Å². The highest BCUT2D eigenvalue weighted by Crippen LogP contribution is 2.03. The molecule has 0 amide bonds. The summed E-state index contributed by atoms with van der Waals surface area (Å²) >= 11 is 0. The van der Waals surface area contributed by atoms with Crippen molar-refractivity contribution >= 4 is 0 Å². The Labute approximate surface area is 70.9 Å². The van der Waals surface area contributed by atoms with Gasteiger partial charge in [-0.3, -0.25) is 0 Å². The molecule has 0 bridgehead atoms. The van der Waals surface area contributed by atoms with Gasteiger partial charge in [-0.2, -0.15) is 10.5 Å². The zero-order chi connectivity index (χ0) is 9.30. The van der Waals surface area contributed by atoms with Crippen LogP contribution in [0.15, 0.2) is 0 Å². The summed E-state index contributed by atoms with van der Waals surface area (Å²) in [6, 6.07) is 3.99. The van der Waals surface area contributed by atoms with Crippen molar-refractivity contribution in [1.29, 1.82) is 10.5 Å². The number of imidazole rings is 1. The maximum atomic E-state index is 8.73. The molecular weight excluding hydrogens is 152 g/mol. The summed E-state index contributed by atoms with van der Waals surface area (Å²) in [7, 11) is 3.55. The maximum absolute atomic E-state index is 8.73. The van der Waals surface area contributed by atoms with Crippen LogP contribution < -0.4 is 4.57 Å². The molecule has 1 aromatic heterocycles. The number of hydrogen-bond donors (Lipinski definition) is 0.